The van der Waals surface area contributed by atoms with E-state index in [1.165, 1.54) is 6.92 Å². The van der Waals surface area contributed by atoms with Crippen molar-refractivity contribution in [2.24, 2.45) is 0 Å². The lowest BCUT2D eigenvalue weighted by Gasteiger charge is -2.42. The van der Waals surface area contributed by atoms with E-state index in [0.717, 1.165) is 0 Å². The largest absolute Gasteiger partial charge is 0.460 e. The Morgan fingerprint density at radius 2 is 0.710 bits per heavy atom. The highest BCUT2D eigenvalue weighted by atomic mass is 19.4. The topological polar surface area (TPSA) is 0 Å². The molecule has 17 heteroatoms. The van der Waals surface area contributed by atoms with Crippen molar-refractivity contribution in [3.8, 4) is 0 Å². The molecule has 0 saturated heterocycles. The van der Waals surface area contributed by atoms with Crippen molar-refractivity contribution in [2.75, 3.05) is 0 Å². The Labute approximate surface area is 162 Å². The average Bonchev–Trinajstić information content (AvgIpc) is 2.56. The third-order valence-electron chi connectivity index (χ3n) is 4.13. The molecule has 0 heterocycles. The molecule has 0 fully saturated rings. The van der Waals surface area contributed by atoms with Crippen LogP contribution in [-0.4, -0.2) is 47.6 Å². The monoisotopic (exact) mass is 504 g/mol. The Morgan fingerprint density at radius 1 is 0.387 bits per heavy atom. The van der Waals surface area contributed by atoms with E-state index < -0.39 is 60.5 Å². The molecule has 0 aromatic rings. The fourth-order valence-corrected chi connectivity index (χ4v) is 2.13. The summed E-state index contributed by atoms with van der Waals surface area (Å²) in [5.41, 5.74) is 0. The van der Waals surface area contributed by atoms with Gasteiger partial charge in [0, 0.05) is 6.42 Å². The number of rotatable bonds is 11. The minimum Gasteiger partial charge on any atom is -0.200 e. The molecular formula is C14H13F17. The van der Waals surface area contributed by atoms with E-state index in [1.807, 2.05) is 0 Å². The van der Waals surface area contributed by atoms with E-state index in [1.54, 1.807) is 0 Å². The molecular weight excluding hydrogens is 491 g/mol. The van der Waals surface area contributed by atoms with Gasteiger partial charge in [-0.25, -0.2) is 0 Å². The Bertz CT molecular complexity index is 600. The fraction of sp³-hybridized carbons (Fsp3) is 1.00. The first kappa shape index (κ1) is 29.8. The van der Waals surface area contributed by atoms with E-state index in [9.17, 15) is 74.6 Å². The summed E-state index contributed by atoms with van der Waals surface area (Å²) < 4.78 is 221. The van der Waals surface area contributed by atoms with Crippen LogP contribution < -0.4 is 0 Å². The van der Waals surface area contributed by atoms with Crippen LogP contribution >= 0.6 is 0 Å². The summed E-state index contributed by atoms with van der Waals surface area (Å²) in [5.74, 6) is -55.6. The van der Waals surface area contributed by atoms with Gasteiger partial charge in [0.1, 0.15) is 0 Å². The molecule has 0 bridgehead atoms. The molecule has 0 nitrogen and oxygen atoms in total. The Kier molecular flexibility index (Phi) is 7.98. The predicted molar refractivity (Wildman–Crippen MR) is 69.4 cm³/mol. The van der Waals surface area contributed by atoms with Gasteiger partial charge in [-0.15, -0.1) is 0 Å². The number of unbranched alkanes of at least 4 members (excludes halogenated alkanes) is 3. The first-order chi connectivity index (χ1) is 13.3. The van der Waals surface area contributed by atoms with E-state index in [4.69, 9.17) is 0 Å². The van der Waals surface area contributed by atoms with Gasteiger partial charge in [-0.3, -0.25) is 0 Å². The molecule has 31 heavy (non-hydrogen) atoms. The summed E-state index contributed by atoms with van der Waals surface area (Å²) in [6.45, 7) is 1.46. The minimum absolute atomic E-state index is 0.0466. The zero-order chi connectivity index (χ0) is 25.5. The number of hydrogen-bond donors (Lipinski definition) is 0. The van der Waals surface area contributed by atoms with Crippen molar-refractivity contribution in [3.05, 3.63) is 0 Å². The molecule has 0 aromatic carbocycles. The molecule has 0 aliphatic rings. The summed E-state index contributed by atoms with van der Waals surface area (Å²) >= 11 is 0. The molecule has 0 aromatic heterocycles. The SMILES string of the molecule is CCCCCCC(F)(F)C(F)(F)C(F)(F)C(F)(F)C(F)(F)C(F)(F)C(F)(F)C(F)(F)F. The molecule has 0 radical (unpaired) electrons. The van der Waals surface area contributed by atoms with Crippen LogP contribution in [0.5, 0.6) is 0 Å². The van der Waals surface area contributed by atoms with Crippen LogP contribution in [0.15, 0.2) is 0 Å². The quantitative estimate of drug-likeness (QED) is 0.198. The third kappa shape index (κ3) is 4.37. The molecule has 0 N–H and O–H groups in total. The summed E-state index contributed by atoms with van der Waals surface area (Å²) in [6.07, 6.45) is -11.2. The Hall–Kier alpha value is -1.19. The van der Waals surface area contributed by atoms with Gasteiger partial charge in [0.05, 0.1) is 0 Å². The predicted octanol–water partition coefficient (Wildman–Crippen LogP) is 7.97. The zero-order valence-corrected chi connectivity index (χ0v) is 15.0. The Balaban J connectivity index is 6.37. The summed E-state index contributed by atoms with van der Waals surface area (Å²) in [5, 5.41) is 0. The maximum absolute atomic E-state index is 13.5. The van der Waals surface area contributed by atoms with E-state index in [2.05, 4.69) is 0 Å². The van der Waals surface area contributed by atoms with E-state index in [-0.39, 0.29) is 19.3 Å². The van der Waals surface area contributed by atoms with Crippen LogP contribution in [0.3, 0.4) is 0 Å². The molecule has 0 unspecified atom stereocenters. The maximum atomic E-state index is 13.5. The van der Waals surface area contributed by atoms with Crippen molar-refractivity contribution in [2.45, 2.75) is 86.7 Å². The smallest absolute Gasteiger partial charge is 0.200 e. The number of halogens is 17. The summed E-state index contributed by atoms with van der Waals surface area (Å²) in [6, 6.07) is 0. The lowest BCUT2D eigenvalue weighted by atomic mass is 9.88. The van der Waals surface area contributed by atoms with E-state index in [0.29, 0.717) is 0 Å². The summed E-state index contributed by atoms with van der Waals surface area (Å²) in [4.78, 5) is 0. The van der Waals surface area contributed by atoms with Crippen molar-refractivity contribution in [1.29, 1.82) is 0 Å². The molecule has 0 amide bonds. The highest BCUT2D eigenvalue weighted by Gasteiger charge is 2.95. The minimum atomic E-state index is -8.57. The van der Waals surface area contributed by atoms with E-state index >= 15 is 0 Å². The van der Waals surface area contributed by atoms with Crippen molar-refractivity contribution in [3.63, 3.8) is 0 Å². The first-order valence-corrected chi connectivity index (χ1v) is 8.02. The fourth-order valence-electron chi connectivity index (χ4n) is 2.13. The molecule has 188 valence electrons. The van der Waals surface area contributed by atoms with Crippen LogP contribution in [0.25, 0.3) is 0 Å². The third-order valence-corrected chi connectivity index (χ3v) is 4.13. The van der Waals surface area contributed by atoms with Crippen LogP contribution in [0.2, 0.25) is 0 Å². The van der Waals surface area contributed by atoms with Crippen LogP contribution in [0.1, 0.15) is 39.0 Å². The molecule has 0 atom stereocenters. The average molecular weight is 504 g/mol. The molecule has 0 rings (SSSR count). The second-order valence-corrected chi connectivity index (χ2v) is 6.46. The van der Waals surface area contributed by atoms with Crippen molar-refractivity contribution in [1.82, 2.24) is 0 Å². The lowest BCUT2D eigenvalue weighted by Crippen LogP contribution is -2.74. The van der Waals surface area contributed by atoms with Gasteiger partial charge in [0.15, 0.2) is 0 Å². The number of alkyl halides is 17. The normalized spacial score (nSPS) is 16.1. The summed E-state index contributed by atoms with van der Waals surface area (Å²) in [7, 11) is 0. The van der Waals surface area contributed by atoms with Gasteiger partial charge in [-0.1, -0.05) is 26.2 Å². The van der Waals surface area contributed by atoms with Gasteiger partial charge in [-0.05, 0) is 6.42 Å². The first-order valence-electron chi connectivity index (χ1n) is 8.02. The maximum Gasteiger partial charge on any atom is 0.460 e. The zero-order valence-electron chi connectivity index (χ0n) is 15.0. The number of hydrogen-bond acceptors (Lipinski definition) is 0. The molecule has 0 aliphatic heterocycles. The second-order valence-electron chi connectivity index (χ2n) is 6.46. The van der Waals surface area contributed by atoms with Crippen LogP contribution in [0, 0.1) is 0 Å². The van der Waals surface area contributed by atoms with Crippen LogP contribution in [0.4, 0.5) is 74.6 Å². The molecule has 0 spiro atoms. The molecule has 0 saturated carbocycles. The van der Waals surface area contributed by atoms with Gasteiger partial charge >= 0.3 is 47.6 Å². The van der Waals surface area contributed by atoms with Gasteiger partial charge in [0.2, 0.25) is 0 Å². The second kappa shape index (κ2) is 8.30. The van der Waals surface area contributed by atoms with Gasteiger partial charge < -0.3 is 0 Å². The Morgan fingerprint density at radius 3 is 1.03 bits per heavy atom. The van der Waals surface area contributed by atoms with Crippen LogP contribution in [-0.2, 0) is 0 Å². The van der Waals surface area contributed by atoms with Crippen molar-refractivity contribution >= 4 is 0 Å². The van der Waals surface area contributed by atoms with Gasteiger partial charge in [-0.2, -0.15) is 74.6 Å². The molecule has 0 aliphatic carbocycles. The van der Waals surface area contributed by atoms with Gasteiger partial charge in [0.25, 0.3) is 0 Å². The highest BCUT2D eigenvalue weighted by molar-refractivity contribution is 5.15. The highest BCUT2D eigenvalue weighted by Crippen LogP contribution is 2.64. The standard InChI is InChI=1S/C14H13F17/c1-2-3-4-5-6-7(15,16)8(17,18)9(19,20)10(21,22)11(23,24)12(25,26)13(27,28)14(29,30)31/h2-6H2,1H3. The van der Waals surface area contributed by atoms with Crippen molar-refractivity contribution < 1.29 is 74.6 Å². The lowest BCUT2D eigenvalue weighted by molar-refractivity contribution is -0.461.